The lowest BCUT2D eigenvalue weighted by Gasteiger charge is -2.63. The van der Waals surface area contributed by atoms with Crippen LogP contribution in [0.1, 0.15) is 13.8 Å². The summed E-state index contributed by atoms with van der Waals surface area (Å²) in [7, 11) is 0. The first-order chi connectivity index (χ1) is 13.4. The molecule has 28 heavy (non-hydrogen) atoms. The van der Waals surface area contributed by atoms with Crippen LogP contribution >= 0.6 is 0 Å². The highest BCUT2D eigenvalue weighted by Gasteiger charge is 2.78. The van der Waals surface area contributed by atoms with Gasteiger partial charge in [0, 0.05) is 23.0 Å². The van der Waals surface area contributed by atoms with E-state index in [-0.39, 0.29) is 29.7 Å². The van der Waals surface area contributed by atoms with E-state index in [1.165, 1.54) is 6.26 Å². The number of fused-ring (bicyclic) bond motifs is 3. The van der Waals surface area contributed by atoms with Crippen molar-refractivity contribution in [3.63, 3.8) is 0 Å². The minimum Gasteiger partial charge on any atom is -0.498 e. The van der Waals surface area contributed by atoms with Crippen molar-refractivity contribution in [2.75, 3.05) is 0 Å². The quantitative estimate of drug-likeness (QED) is 0.509. The molecule has 8 aliphatic rings. The molecule has 2 bridgehead atoms. The van der Waals surface area contributed by atoms with Crippen LogP contribution in [-0.4, -0.2) is 76.7 Å². The first kappa shape index (κ1) is 16.2. The molecule has 0 aromatic heterocycles. The van der Waals surface area contributed by atoms with Crippen molar-refractivity contribution in [3.05, 3.63) is 23.0 Å². The molecule has 3 aliphatic carbocycles. The number of epoxide rings is 2. The summed E-state index contributed by atoms with van der Waals surface area (Å²) < 4.78 is 23.1. The maximum Gasteiger partial charge on any atom is 0.190 e. The summed E-state index contributed by atoms with van der Waals surface area (Å²) >= 11 is 0. The monoisotopic (exact) mass is 388 g/mol. The number of Topliss-reactive ketones (excluding diaryl/α,β-unsaturated/α-hetero) is 2. The molecule has 12 atom stereocenters. The van der Waals surface area contributed by atoms with Crippen molar-refractivity contribution in [1.82, 2.24) is 0 Å². The lowest BCUT2D eigenvalue weighted by Crippen LogP contribution is -2.72. The smallest absolute Gasteiger partial charge is 0.190 e. The van der Waals surface area contributed by atoms with Gasteiger partial charge in [-0.1, -0.05) is 0 Å². The van der Waals surface area contributed by atoms with Crippen molar-refractivity contribution in [3.8, 4) is 0 Å². The van der Waals surface area contributed by atoms with Crippen molar-refractivity contribution in [2.24, 2.45) is 17.3 Å². The van der Waals surface area contributed by atoms with Crippen LogP contribution < -0.4 is 0 Å². The number of carbonyl (C=O) groups excluding carboxylic acids is 2. The fourth-order valence-electron chi connectivity index (χ4n) is 6.86. The van der Waals surface area contributed by atoms with Gasteiger partial charge in [0.2, 0.25) is 0 Å². The van der Waals surface area contributed by atoms with Gasteiger partial charge in [-0.3, -0.25) is 9.59 Å². The Morgan fingerprint density at radius 3 is 2.46 bits per heavy atom. The second kappa shape index (κ2) is 4.60. The summed E-state index contributed by atoms with van der Waals surface area (Å²) in [6.45, 7) is 3.77. The van der Waals surface area contributed by atoms with Gasteiger partial charge in [-0.2, -0.15) is 0 Å². The van der Waals surface area contributed by atoms with Gasteiger partial charge >= 0.3 is 0 Å². The summed E-state index contributed by atoms with van der Waals surface area (Å²) in [6, 6.07) is 0. The molecule has 5 heterocycles. The van der Waals surface area contributed by atoms with Gasteiger partial charge in [0.05, 0.1) is 30.0 Å². The van der Waals surface area contributed by atoms with Gasteiger partial charge < -0.3 is 29.2 Å². The molecule has 3 saturated heterocycles. The molecular weight excluding hydrogens is 368 g/mol. The molecule has 1 saturated carbocycles. The van der Waals surface area contributed by atoms with Crippen LogP contribution in [0.15, 0.2) is 23.0 Å². The summed E-state index contributed by atoms with van der Waals surface area (Å²) in [4.78, 5) is 26.7. The molecule has 148 valence electrons. The van der Waals surface area contributed by atoms with Crippen molar-refractivity contribution < 1.29 is 38.7 Å². The summed E-state index contributed by atoms with van der Waals surface area (Å²) in [5, 5.41) is 21.8. The number of ether oxygens (including phenoxy) is 4. The van der Waals surface area contributed by atoms with E-state index in [1.807, 2.05) is 13.8 Å². The Morgan fingerprint density at radius 2 is 1.68 bits per heavy atom. The average Bonchev–Trinajstić information content (AvgIpc) is 3.57. The molecule has 0 aromatic rings. The zero-order valence-electron chi connectivity index (χ0n) is 15.3. The number of rotatable bonds is 0. The maximum absolute atomic E-state index is 13.7. The van der Waals surface area contributed by atoms with E-state index in [0.29, 0.717) is 16.7 Å². The van der Waals surface area contributed by atoms with Crippen LogP contribution in [0.25, 0.3) is 0 Å². The van der Waals surface area contributed by atoms with Gasteiger partial charge in [0.25, 0.3) is 0 Å². The topological polar surface area (TPSA) is 118 Å². The number of aliphatic hydroxyl groups excluding tert-OH is 2. The Hall–Kier alpha value is -1.58. The number of aliphatic hydroxyl groups is 2. The first-order valence-electron chi connectivity index (χ1n) is 9.90. The molecule has 0 amide bonds. The van der Waals surface area contributed by atoms with E-state index in [4.69, 9.17) is 18.9 Å². The van der Waals surface area contributed by atoms with Crippen molar-refractivity contribution >= 4 is 11.6 Å². The summed E-state index contributed by atoms with van der Waals surface area (Å²) in [5.74, 6) is -1.05. The van der Waals surface area contributed by atoms with Crippen molar-refractivity contribution in [2.45, 2.75) is 68.8 Å². The third-order valence-corrected chi connectivity index (χ3v) is 8.00. The Morgan fingerprint density at radius 1 is 0.964 bits per heavy atom. The number of hydrogen-bond acceptors (Lipinski definition) is 8. The number of ketones is 2. The van der Waals surface area contributed by atoms with Crippen LogP contribution in [0.5, 0.6) is 0 Å². The Kier molecular flexibility index (Phi) is 2.67. The van der Waals surface area contributed by atoms with Crippen LogP contribution in [0.4, 0.5) is 0 Å². The predicted molar refractivity (Wildman–Crippen MR) is 88.8 cm³/mol. The van der Waals surface area contributed by atoms with Crippen LogP contribution in [-0.2, 0) is 28.5 Å². The highest BCUT2D eigenvalue weighted by Crippen LogP contribution is 2.67. The second-order valence-corrected chi connectivity index (χ2v) is 9.09. The van der Waals surface area contributed by atoms with Gasteiger partial charge in [0.1, 0.15) is 36.6 Å². The molecule has 1 spiro atoms. The molecule has 0 aromatic carbocycles. The molecule has 8 heteroatoms. The molecule has 8 rings (SSSR count). The maximum atomic E-state index is 13.7. The molecule has 5 aliphatic heterocycles. The normalized spacial score (nSPS) is 60.0. The number of carbonyl (C=O) groups is 2. The number of hydrogen-bond donors (Lipinski definition) is 2. The van der Waals surface area contributed by atoms with E-state index in [1.54, 1.807) is 0 Å². The third kappa shape index (κ3) is 1.47. The largest absolute Gasteiger partial charge is 0.498 e. The Balaban J connectivity index is 1.52. The van der Waals surface area contributed by atoms with Crippen LogP contribution in [0.2, 0.25) is 0 Å². The van der Waals surface area contributed by atoms with E-state index >= 15 is 0 Å². The van der Waals surface area contributed by atoms with Crippen LogP contribution in [0, 0.1) is 17.3 Å². The second-order valence-electron chi connectivity index (χ2n) is 9.09. The molecule has 2 N–H and O–H groups in total. The molecule has 0 unspecified atom stereocenters. The molecule has 0 radical (unpaired) electrons. The highest BCUT2D eigenvalue weighted by molar-refractivity contribution is 6.06. The standard InChI is InChI=1S/C20H20O8/c1-4-7-8-9(13(23)16-15(27-16)12(8)22)19(26-4)20-6(3-25-5(2)10(7)20)11(21)14-17(28-14)18(20)24/h3-5,7,10-11,13-17,19,21,23H,1-2H3/t4-,5+,7+,10-,11-,13-,14+,15-,16+,17+,19-,20-/m0/s1. The molecular formula is C20H20O8. The lowest BCUT2D eigenvalue weighted by molar-refractivity contribution is -0.210. The van der Waals surface area contributed by atoms with Gasteiger partial charge in [0.15, 0.2) is 11.6 Å². The lowest BCUT2D eigenvalue weighted by atomic mass is 9.45. The highest BCUT2D eigenvalue weighted by atomic mass is 16.6. The molecule has 8 nitrogen and oxygen atoms in total. The average molecular weight is 388 g/mol. The third-order valence-electron chi connectivity index (χ3n) is 8.00. The minimum atomic E-state index is -1.19. The van der Waals surface area contributed by atoms with E-state index < -0.39 is 54.1 Å². The van der Waals surface area contributed by atoms with Crippen LogP contribution in [0.3, 0.4) is 0 Å². The van der Waals surface area contributed by atoms with Gasteiger partial charge in [-0.05, 0) is 19.4 Å². The van der Waals surface area contributed by atoms with E-state index in [9.17, 15) is 19.8 Å². The van der Waals surface area contributed by atoms with Gasteiger partial charge in [-0.25, -0.2) is 0 Å². The van der Waals surface area contributed by atoms with Crippen molar-refractivity contribution in [1.29, 1.82) is 0 Å². The first-order valence-corrected chi connectivity index (χ1v) is 9.90. The van der Waals surface area contributed by atoms with E-state index in [2.05, 4.69) is 0 Å². The zero-order chi connectivity index (χ0) is 19.3. The summed E-state index contributed by atoms with van der Waals surface area (Å²) in [5.41, 5.74) is 0.269. The predicted octanol–water partition coefficient (Wildman–Crippen LogP) is -0.973. The summed E-state index contributed by atoms with van der Waals surface area (Å²) in [6.07, 6.45) is -4.40. The fraction of sp³-hybridized carbons (Fsp3) is 0.700. The minimum absolute atomic E-state index is 0.113. The van der Waals surface area contributed by atoms with Gasteiger partial charge in [-0.15, -0.1) is 0 Å². The Bertz CT molecular complexity index is 921. The van der Waals surface area contributed by atoms with E-state index in [0.717, 1.165) is 0 Å². The molecule has 4 fully saturated rings. The zero-order valence-corrected chi connectivity index (χ0v) is 15.3. The SMILES string of the molecule is C[C@@H]1O[C@H]2C3=C(C(=O)[C@@H]4O[C@@H]4[C@H]3O)[C@@H]1[C@@H]1[C@@H](C)OC=C3[C@H](O)[C@H]4O[C@H]4C(=O)[C@]312. The Labute approximate surface area is 160 Å². The fourth-order valence-corrected chi connectivity index (χ4v) is 6.86.